The topological polar surface area (TPSA) is 0 Å². The minimum absolute atomic E-state index is 0. The van der Waals surface area contributed by atoms with E-state index < -0.39 is 0 Å². The van der Waals surface area contributed by atoms with Crippen LogP contribution in [-0.4, -0.2) is 36.5 Å². The van der Waals surface area contributed by atoms with E-state index in [4.69, 9.17) is 0 Å². The standard InChI is InChI=1S/C18H39BrN.HI/c1-4-6-8-9-10-13-17-20(3,16-12-7-5-2)18-14-11-15-19;/h4-18H2,1-3H3;1H/q+1;/p-1. The maximum absolute atomic E-state index is 3.56. The molecule has 1 nitrogen and oxygen atoms in total. The smallest absolute Gasteiger partial charge is 0.0784 e. The largest absolute Gasteiger partial charge is 1.00 e. The Labute approximate surface area is 160 Å². The number of unbranched alkanes of at least 4 members (excludes halogenated alkanes) is 8. The first-order valence-corrected chi connectivity index (χ1v) is 10.2. The first kappa shape index (κ1) is 24.4. The van der Waals surface area contributed by atoms with Gasteiger partial charge in [-0.15, -0.1) is 0 Å². The van der Waals surface area contributed by atoms with Crippen molar-refractivity contribution in [3.05, 3.63) is 0 Å². The lowest BCUT2D eigenvalue weighted by molar-refractivity contribution is -0.910. The molecule has 0 aromatic carbocycles. The molecule has 0 heterocycles. The summed E-state index contributed by atoms with van der Waals surface area (Å²) >= 11 is 3.56. The Morgan fingerprint density at radius 3 is 1.52 bits per heavy atom. The highest BCUT2D eigenvalue weighted by atomic mass is 127. The fourth-order valence-corrected chi connectivity index (χ4v) is 3.34. The van der Waals surface area contributed by atoms with Crippen LogP contribution in [0.2, 0.25) is 0 Å². The van der Waals surface area contributed by atoms with Gasteiger partial charge in [0.25, 0.3) is 0 Å². The fourth-order valence-electron chi connectivity index (χ4n) is 2.94. The molecule has 0 rings (SSSR count). The van der Waals surface area contributed by atoms with Crippen molar-refractivity contribution in [3.63, 3.8) is 0 Å². The quantitative estimate of drug-likeness (QED) is 0.148. The molecule has 0 aliphatic heterocycles. The van der Waals surface area contributed by atoms with Crippen molar-refractivity contribution in [3.8, 4) is 0 Å². The van der Waals surface area contributed by atoms with Crippen molar-refractivity contribution in [2.75, 3.05) is 32.0 Å². The lowest BCUT2D eigenvalue weighted by Gasteiger charge is -2.35. The molecule has 0 aromatic rings. The molecule has 0 N–H and O–H groups in total. The zero-order chi connectivity index (χ0) is 15.1. The van der Waals surface area contributed by atoms with E-state index in [2.05, 4.69) is 36.8 Å². The van der Waals surface area contributed by atoms with E-state index in [1.165, 1.54) is 100 Å². The SMILES string of the molecule is CCCCCCCC[N+](C)(CCCCC)CCCCBr.[I-]. The van der Waals surface area contributed by atoms with Gasteiger partial charge in [0.2, 0.25) is 0 Å². The maximum atomic E-state index is 3.56. The van der Waals surface area contributed by atoms with Gasteiger partial charge in [-0.3, -0.25) is 0 Å². The molecule has 0 radical (unpaired) electrons. The Kier molecular flexibility index (Phi) is 20.4. The fraction of sp³-hybridized carbons (Fsp3) is 1.00. The Hall–Kier alpha value is 1.17. The molecule has 0 aliphatic rings. The molecule has 0 spiro atoms. The third kappa shape index (κ3) is 15.8. The van der Waals surface area contributed by atoms with E-state index in [1.807, 2.05) is 0 Å². The van der Waals surface area contributed by atoms with Gasteiger partial charge in [-0.2, -0.15) is 0 Å². The monoisotopic (exact) mass is 475 g/mol. The van der Waals surface area contributed by atoms with Crippen LogP contribution in [0, 0.1) is 0 Å². The Morgan fingerprint density at radius 2 is 1.00 bits per heavy atom. The molecule has 0 saturated heterocycles. The van der Waals surface area contributed by atoms with Gasteiger partial charge >= 0.3 is 0 Å². The predicted molar refractivity (Wildman–Crippen MR) is 96.7 cm³/mol. The maximum Gasteiger partial charge on any atom is 0.0784 e. The van der Waals surface area contributed by atoms with Crippen LogP contribution in [0.4, 0.5) is 0 Å². The summed E-state index contributed by atoms with van der Waals surface area (Å²) in [6, 6.07) is 0. The molecular formula is C18H39BrIN. The molecule has 3 heteroatoms. The van der Waals surface area contributed by atoms with Crippen LogP contribution >= 0.6 is 15.9 Å². The molecule has 130 valence electrons. The summed E-state index contributed by atoms with van der Waals surface area (Å²) in [6.07, 6.45) is 15.4. The molecule has 0 saturated carbocycles. The van der Waals surface area contributed by atoms with Crippen molar-refractivity contribution < 1.29 is 28.5 Å². The van der Waals surface area contributed by atoms with E-state index >= 15 is 0 Å². The summed E-state index contributed by atoms with van der Waals surface area (Å²) in [4.78, 5) is 0. The Morgan fingerprint density at radius 1 is 0.619 bits per heavy atom. The van der Waals surface area contributed by atoms with Crippen molar-refractivity contribution >= 4 is 15.9 Å². The van der Waals surface area contributed by atoms with Crippen molar-refractivity contribution in [1.82, 2.24) is 0 Å². The van der Waals surface area contributed by atoms with Crippen LogP contribution in [0.5, 0.6) is 0 Å². The molecule has 21 heavy (non-hydrogen) atoms. The van der Waals surface area contributed by atoms with Gasteiger partial charge in [0.15, 0.2) is 0 Å². The van der Waals surface area contributed by atoms with Crippen molar-refractivity contribution in [2.24, 2.45) is 0 Å². The summed E-state index contributed by atoms with van der Waals surface area (Å²) in [6.45, 7) is 8.78. The van der Waals surface area contributed by atoms with E-state index in [0.717, 1.165) is 0 Å². The molecule has 0 aliphatic carbocycles. The van der Waals surface area contributed by atoms with E-state index in [1.54, 1.807) is 0 Å². The Balaban J connectivity index is 0. The first-order chi connectivity index (χ1) is 9.68. The van der Waals surface area contributed by atoms with E-state index in [9.17, 15) is 0 Å². The molecular weight excluding hydrogens is 437 g/mol. The van der Waals surface area contributed by atoms with Crippen LogP contribution in [0.3, 0.4) is 0 Å². The molecule has 0 bridgehead atoms. The zero-order valence-corrected chi connectivity index (χ0v) is 18.6. The summed E-state index contributed by atoms with van der Waals surface area (Å²) < 4.78 is 1.32. The van der Waals surface area contributed by atoms with Crippen molar-refractivity contribution in [1.29, 1.82) is 0 Å². The highest BCUT2D eigenvalue weighted by molar-refractivity contribution is 9.09. The lowest BCUT2D eigenvalue weighted by atomic mass is 10.1. The van der Waals surface area contributed by atoms with Crippen LogP contribution in [0.15, 0.2) is 0 Å². The number of hydrogen-bond donors (Lipinski definition) is 0. The summed E-state index contributed by atoms with van der Waals surface area (Å²) in [5.74, 6) is 0. The minimum atomic E-state index is 0. The molecule has 1 atom stereocenters. The highest BCUT2D eigenvalue weighted by Crippen LogP contribution is 2.14. The van der Waals surface area contributed by atoms with Gasteiger partial charge in [0.05, 0.1) is 26.7 Å². The lowest BCUT2D eigenvalue weighted by Crippen LogP contribution is -3.00. The molecule has 0 amide bonds. The average Bonchev–Trinajstić information content (AvgIpc) is 2.43. The van der Waals surface area contributed by atoms with Gasteiger partial charge in [-0.05, 0) is 38.5 Å². The minimum Gasteiger partial charge on any atom is -1.00 e. The van der Waals surface area contributed by atoms with E-state index in [-0.39, 0.29) is 24.0 Å². The number of rotatable bonds is 15. The molecule has 0 aromatic heterocycles. The second-order valence-electron chi connectivity index (χ2n) is 6.66. The van der Waals surface area contributed by atoms with Crippen LogP contribution in [0.25, 0.3) is 0 Å². The third-order valence-corrected chi connectivity index (χ3v) is 5.00. The van der Waals surface area contributed by atoms with E-state index in [0.29, 0.717) is 0 Å². The average molecular weight is 476 g/mol. The molecule has 0 fully saturated rings. The summed E-state index contributed by atoms with van der Waals surface area (Å²) in [5.41, 5.74) is 0. The third-order valence-electron chi connectivity index (χ3n) is 4.43. The van der Waals surface area contributed by atoms with Crippen LogP contribution < -0.4 is 24.0 Å². The second kappa shape index (κ2) is 17.5. The summed E-state index contributed by atoms with van der Waals surface area (Å²) in [7, 11) is 2.50. The zero-order valence-electron chi connectivity index (χ0n) is 14.8. The molecule has 1 unspecified atom stereocenters. The predicted octanol–water partition coefficient (Wildman–Crippen LogP) is 3.16. The van der Waals surface area contributed by atoms with Gasteiger partial charge < -0.3 is 28.5 Å². The number of quaternary nitrogens is 1. The highest BCUT2D eigenvalue weighted by Gasteiger charge is 2.19. The first-order valence-electron chi connectivity index (χ1n) is 9.08. The number of halogens is 2. The second-order valence-corrected chi connectivity index (χ2v) is 7.45. The number of nitrogens with zero attached hydrogens (tertiary/aromatic N) is 1. The Bertz CT molecular complexity index is 190. The number of hydrogen-bond acceptors (Lipinski definition) is 0. The van der Waals surface area contributed by atoms with Gasteiger partial charge in [0, 0.05) is 5.33 Å². The van der Waals surface area contributed by atoms with Gasteiger partial charge in [0.1, 0.15) is 0 Å². The van der Waals surface area contributed by atoms with Crippen molar-refractivity contribution in [2.45, 2.75) is 84.5 Å². The van der Waals surface area contributed by atoms with Gasteiger partial charge in [-0.1, -0.05) is 61.9 Å². The van der Waals surface area contributed by atoms with Crippen LogP contribution in [-0.2, 0) is 0 Å². The van der Waals surface area contributed by atoms with Crippen LogP contribution in [0.1, 0.15) is 84.5 Å². The summed E-state index contributed by atoms with van der Waals surface area (Å²) in [5, 5.41) is 1.17. The van der Waals surface area contributed by atoms with Gasteiger partial charge in [-0.25, -0.2) is 0 Å². The normalized spacial score (nSPS) is 13.7. The number of alkyl halides is 1.